The van der Waals surface area contributed by atoms with Crippen molar-refractivity contribution in [1.29, 1.82) is 0 Å². The molecule has 0 spiro atoms. The number of hydrogen-bond donors (Lipinski definition) is 15. The van der Waals surface area contributed by atoms with E-state index in [9.17, 15) is 55.2 Å². The van der Waals surface area contributed by atoms with Crippen LogP contribution < -0.4 is 51.4 Å². The number of phenols is 6. The van der Waals surface area contributed by atoms with Crippen LogP contribution in [-0.4, -0.2) is 107 Å². The zero-order chi connectivity index (χ0) is 71.7. The van der Waals surface area contributed by atoms with Crippen molar-refractivity contribution in [2.24, 2.45) is 0 Å². The largest absolute Gasteiger partial charge is 0.508 e. The van der Waals surface area contributed by atoms with Gasteiger partial charge in [-0.2, -0.15) is 0 Å². The lowest BCUT2D eigenvalue weighted by atomic mass is 9.89. The SMILES string of the molecule is O=C(NC1C(=O)NC2Cc3ccc(c(Cl)c3)Oc3cc4cc(c3O)Oc3ccc(cc3Cl)C(O)C3NC(=O)C(NC(=O)C4NC(=O)C(NC2=O)c2cc(O)cc(c2)Oc2cc1ccc2O)c1ccc(O)c(c1)-c1c(O)cc(O)cc1[C@H](C(=O)O)NC3=O)OCC1c2ccccc2-c2ccccc21. The van der Waals surface area contributed by atoms with Gasteiger partial charge in [0.1, 0.15) is 89.2 Å². The number of hydrogen-bond acceptors (Lipinski definition) is 19. The highest BCUT2D eigenvalue weighted by Crippen LogP contribution is 2.49. The molecule has 0 saturated carbocycles. The van der Waals surface area contributed by atoms with E-state index in [0.29, 0.717) is 0 Å². The molecule has 516 valence electrons. The number of alkyl carbamates (subject to hydrolysis) is 1. The van der Waals surface area contributed by atoms with Gasteiger partial charge in [-0.15, -0.1) is 0 Å². The number of carbonyl (C=O) groups excluding carboxylic acids is 7. The first-order valence-electron chi connectivity index (χ1n) is 31.3. The summed E-state index contributed by atoms with van der Waals surface area (Å²) in [6, 6.07) is 22.4. The maximum absolute atomic E-state index is 15.9. The van der Waals surface area contributed by atoms with E-state index in [0.717, 1.165) is 89.0 Å². The zero-order valence-electron chi connectivity index (χ0n) is 52.4. The van der Waals surface area contributed by atoms with Crippen molar-refractivity contribution in [1.82, 2.24) is 37.2 Å². The maximum Gasteiger partial charge on any atom is 0.408 e. The summed E-state index contributed by atoms with van der Waals surface area (Å²) in [5.41, 5.74) is 1.28. The molecular formula is C73H55Cl2N7O20. The Bertz CT molecular complexity index is 5030. The van der Waals surface area contributed by atoms with Crippen molar-refractivity contribution in [3.8, 4) is 91.2 Å². The second kappa shape index (κ2) is 26.5. The molecule has 0 aromatic heterocycles. The zero-order valence-corrected chi connectivity index (χ0v) is 53.9. The highest BCUT2D eigenvalue weighted by molar-refractivity contribution is 6.32. The van der Waals surface area contributed by atoms with Gasteiger partial charge in [0.05, 0.1) is 10.0 Å². The van der Waals surface area contributed by atoms with E-state index in [1.807, 2.05) is 48.5 Å². The van der Waals surface area contributed by atoms with Gasteiger partial charge in [-0.3, -0.25) is 28.8 Å². The number of nitrogens with one attached hydrogen (secondary N) is 7. The number of halogens is 2. The number of aliphatic hydroxyl groups excluding tert-OH is 1. The van der Waals surface area contributed by atoms with E-state index in [4.69, 9.17) is 42.1 Å². The fourth-order valence-electron chi connectivity index (χ4n) is 13.1. The van der Waals surface area contributed by atoms with Crippen molar-refractivity contribution < 1.29 is 98.2 Å². The Balaban J connectivity index is 0.904. The molecule has 102 heavy (non-hydrogen) atoms. The summed E-state index contributed by atoms with van der Waals surface area (Å²) in [6.45, 7) is -0.189. The number of aromatic hydroxyl groups is 6. The Kier molecular flexibility index (Phi) is 17.3. The molecule has 1 aliphatic carbocycles. The van der Waals surface area contributed by atoms with E-state index in [1.54, 1.807) is 0 Å². The fraction of sp³-hybridized carbons (Fsp3) is 0.151. The van der Waals surface area contributed by atoms with Gasteiger partial charge in [0.25, 0.3) is 0 Å². The Hall–Kier alpha value is -12.7. The lowest BCUT2D eigenvalue weighted by Crippen LogP contribution is -2.55. The topological polar surface area (TPSA) is 420 Å². The van der Waals surface area contributed by atoms with Crippen LogP contribution in [-0.2, 0) is 44.7 Å². The lowest BCUT2D eigenvalue weighted by Gasteiger charge is -2.31. The molecule has 9 aromatic rings. The van der Waals surface area contributed by atoms with Crippen LogP contribution in [0, 0.1) is 0 Å². The number of aliphatic hydroxyl groups is 1. The molecule has 0 radical (unpaired) electrons. The molecule has 8 atom stereocenters. The number of carboxylic acids is 1. The molecule has 29 heteroatoms. The Labute approximate surface area is 585 Å². The van der Waals surface area contributed by atoms with Crippen LogP contribution in [0.15, 0.2) is 164 Å². The maximum atomic E-state index is 15.9. The average molecular weight is 1420 g/mol. The first kappa shape index (κ1) is 66.5. The first-order chi connectivity index (χ1) is 48.9. The van der Waals surface area contributed by atoms with Gasteiger partial charge >= 0.3 is 12.1 Å². The molecule has 7 aliphatic rings. The van der Waals surface area contributed by atoms with Crippen molar-refractivity contribution in [2.75, 3.05) is 6.61 Å². The molecule has 6 aliphatic heterocycles. The Morgan fingerprint density at radius 2 is 1.06 bits per heavy atom. The van der Waals surface area contributed by atoms with Gasteiger partial charge in [0.15, 0.2) is 29.0 Å². The summed E-state index contributed by atoms with van der Waals surface area (Å²) in [5.74, 6) is -16.2. The molecule has 0 saturated heterocycles. The molecule has 9 aromatic carbocycles. The van der Waals surface area contributed by atoms with Crippen LogP contribution >= 0.6 is 23.2 Å². The quantitative estimate of drug-likeness (QED) is 0.0784. The summed E-state index contributed by atoms with van der Waals surface area (Å²) in [5, 5.41) is 109. The molecular weight excluding hydrogens is 1370 g/mol. The second-order valence-corrected chi connectivity index (χ2v) is 25.3. The number of rotatable bonds is 4. The predicted octanol–water partition coefficient (Wildman–Crippen LogP) is 8.56. The first-order valence-corrected chi connectivity index (χ1v) is 32.1. The number of phenolic OH excluding ortho intramolecular Hbond substituents is 6. The van der Waals surface area contributed by atoms with Crippen LogP contribution in [0.5, 0.6) is 69.0 Å². The Morgan fingerprint density at radius 3 is 1.73 bits per heavy atom. The molecule has 15 N–H and O–H groups in total. The predicted molar refractivity (Wildman–Crippen MR) is 359 cm³/mol. The van der Waals surface area contributed by atoms with Crippen LogP contribution in [0.3, 0.4) is 0 Å². The average Bonchev–Trinajstić information content (AvgIpc) is 1.29. The summed E-state index contributed by atoms with van der Waals surface area (Å²) < 4.78 is 24.6. The van der Waals surface area contributed by atoms with Crippen LogP contribution in [0.4, 0.5) is 4.79 Å². The normalized spacial score (nSPS) is 20.7. The minimum Gasteiger partial charge on any atom is -0.508 e. The summed E-state index contributed by atoms with van der Waals surface area (Å²) >= 11 is 13.9. The number of benzene rings is 9. The molecule has 27 nitrogen and oxygen atoms in total. The van der Waals surface area contributed by atoms with Gasteiger partial charge in [0, 0.05) is 41.2 Å². The Morgan fingerprint density at radius 1 is 0.480 bits per heavy atom. The molecule has 0 fully saturated rings. The molecule has 7 amide bonds. The van der Waals surface area contributed by atoms with Crippen LogP contribution in [0.1, 0.15) is 92.3 Å². The molecule has 7 unspecified atom stereocenters. The summed E-state index contributed by atoms with van der Waals surface area (Å²) in [7, 11) is 0. The van der Waals surface area contributed by atoms with Crippen molar-refractivity contribution in [3.63, 3.8) is 0 Å². The van der Waals surface area contributed by atoms with Crippen molar-refractivity contribution >= 4 is 70.7 Å². The van der Waals surface area contributed by atoms with Crippen LogP contribution in [0.25, 0.3) is 22.3 Å². The van der Waals surface area contributed by atoms with E-state index in [2.05, 4.69) is 37.2 Å². The van der Waals surface area contributed by atoms with Gasteiger partial charge in [0.2, 0.25) is 41.2 Å². The second-order valence-electron chi connectivity index (χ2n) is 24.5. The number of ether oxygens (including phenoxy) is 4. The number of carbonyl (C=O) groups is 8. The van der Waals surface area contributed by atoms with Gasteiger partial charge in [-0.1, -0.05) is 96.0 Å². The fourth-order valence-corrected chi connectivity index (χ4v) is 13.6. The monoisotopic (exact) mass is 1420 g/mol. The van der Waals surface area contributed by atoms with E-state index in [-0.39, 0.29) is 73.0 Å². The van der Waals surface area contributed by atoms with E-state index in [1.165, 1.54) is 48.5 Å². The lowest BCUT2D eigenvalue weighted by molar-refractivity contribution is -0.143. The number of fused-ring (bicyclic) bond motifs is 17. The molecule has 6 heterocycles. The van der Waals surface area contributed by atoms with Crippen LogP contribution in [0.2, 0.25) is 10.0 Å². The third-order valence-electron chi connectivity index (χ3n) is 18.0. The third-order valence-corrected chi connectivity index (χ3v) is 18.6. The minimum absolute atomic E-state index is 0.0162. The van der Waals surface area contributed by atoms with E-state index < -0.39 is 171 Å². The smallest absolute Gasteiger partial charge is 0.408 e. The standard InChI is InChI=1S/C73H55Cl2N7O20/c74-46-17-30-9-15-52(46)101-55-24-35-25-56(65(55)89)102-53-16-12-33(22-47(53)75)64(88)63-71(95)80-62(72(96)97)44-27-37(84)28-51(87)57(44)43-21-31(10-13-49(43)85)58(68(92)81-63)78-70(94)61(35)79-69(93)60-34-19-36(83)26-38(20-34)100-54-23-32(11-14-50(54)86)59(67(91)76-48(18-30)66(90)77-60)82-73(98)99-29-45-41-7-3-1-5-39(41)40-6-2-4-8-42(40)45/h1-17,19-28,45,48,58-64,83-89H,18,29H2,(H,76,91)(H,77,90)(H,78,94)(H,79,93)(H,80,95)(H,81,92)(H,82,98)(H,96,97)/t48?,58?,59?,60?,61?,62-,63?,64?/m1/s1. The van der Waals surface area contributed by atoms with Gasteiger partial charge < -0.3 is 97.0 Å². The summed E-state index contributed by atoms with van der Waals surface area (Å²) in [4.78, 5) is 120. The summed E-state index contributed by atoms with van der Waals surface area (Å²) in [6.07, 6.45) is -3.69. The minimum atomic E-state index is -2.23. The van der Waals surface area contributed by atoms with E-state index >= 15 is 24.0 Å². The highest BCUT2D eigenvalue weighted by Gasteiger charge is 2.42. The van der Waals surface area contributed by atoms with Gasteiger partial charge in [-0.25, -0.2) is 9.59 Å². The molecule has 17 bridgehead atoms. The van der Waals surface area contributed by atoms with Crippen molar-refractivity contribution in [3.05, 3.63) is 224 Å². The third kappa shape index (κ3) is 12.7. The number of aliphatic carboxylic acids is 1. The molecule has 16 rings (SSSR count). The number of amides is 7. The van der Waals surface area contributed by atoms with Crippen molar-refractivity contribution in [2.45, 2.75) is 60.7 Å². The van der Waals surface area contributed by atoms with Gasteiger partial charge in [-0.05, 0) is 134 Å². The highest BCUT2D eigenvalue weighted by atomic mass is 35.5. The number of carboxylic acid groups (broad SMARTS) is 1.